The van der Waals surface area contributed by atoms with Crippen molar-refractivity contribution in [3.8, 4) is 0 Å². The largest absolute Gasteiger partial charge is 0.330 e. The SMILES string of the molecule is CC1(CN)CCN(Cc2ccc(C3CC3)cc2)C1. The second-order valence-electron chi connectivity index (χ2n) is 6.49. The van der Waals surface area contributed by atoms with Gasteiger partial charge in [0.1, 0.15) is 0 Å². The van der Waals surface area contributed by atoms with Crippen molar-refractivity contribution in [2.45, 2.75) is 38.6 Å². The highest BCUT2D eigenvalue weighted by atomic mass is 15.2. The lowest BCUT2D eigenvalue weighted by molar-refractivity contribution is 0.274. The van der Waals surface area contributed by atoms with Gasteiger partial charge in [-0.25, -0.2) is 0 Å². The van der Waals surface area contributed by atoms with Gasteiger partial charge < -0.3 is 5.73 Å². The third-order valence-electron chi connectivity index (χ3n) is 4.56. The predicted molar refractivity (Wildman–Crippen MR) is 75.5 cm³/mol. The molecule has 1 aromatic rings. The van der Waals surface area contributed by atoms with Crippen LogP contribution in [0.1, 0.15) is 43.2 Å². The van der Waals surface area contributed by atoms with Crippen molar-refractivity contribution < 1.29 is 0 Å². The van der Waals surface area contributed by atoms with Crippen LogP contribution in [0.4, 0.5) is 0 Å². The molecule has 0 bridgehead atoms. The molecule has 2 nitrogen and oxygen atoms in total. The van der Waals surface area contributed by atoms with Crippen molar-refractivity contribution in [3.05, 3.63) is 35.4 Å². The normalized spacial score (nSPS) is 28.8. The second-order valence-corrected chi connectivity index (χ2v) is 6.49. The first-order chi connectivity index (χ1) is 8.68. The summed E-state index contributed by atoms with van der Waals surface area (Å²) in [6, 6.07) is 9.27. The minimum absolute atomic E-state index is 0.341. The maximum atomic E-state index is 5.86. The van der Waals surface area contributed by atoms with E-state index in [2.05, 4.69) is 36.1 Å². The Morgan fingerprint density at radius 1 is 1.28 bits per heavy atom. The number of hydrogen-bond donors (Lipinski definition) is 1. The number of likely N-dealkylation sites (tertiary alicyclic amines) is 1. The van der Waals surface area contributed by atoms with E-state index in [1.807, 2.05) is 0 Å². The molecule has 2 aliphatic rings. The van der Waals surface area contributed by atoms with Gasteiger partial charge in [-0.3, -0.25) is 4.90 Å². The Kier molecular flexibility index (Phi) is 3.16. The topological polar surface area (TPSA) is 29.3 Å². The molecule has 3 rings (SSSR count). The molecule has 1 unspecified atom stereocenters. The summed E-state index contributed by atoms with van der Waals surface area (Å²) >= 11 is 0. The van der Waals surface area contributed by atoms with Crippen LogP contribution in [0.5, 0.6) is 0 Å². The molecule has 1 heterocycles. The Balaban J connectivity index is 1.59. The van der Waals surface area contributed by atoms with Crippen LogP contribution in [0.25, 0.3) is 0 Å². The molecule has 0 radical (unpaired) electrons. The van der Waals surface area contributed by atoms with Crippen molar-refractivity contribution in [2.24, 2.45) is 11.1 Å². The summed E-state index contributed by atoms with van der Waals surface area (Å²) in [5.41, 5.74) is 9.18. The molecule has 2 heteroatoms. The van der Waals surface area contributed by atoms with Gasteiger partial charge in [0, 0.05) is 13.1 Å². The first kappa shape index (κ1) is 12.2. The Morgan fingerprint density at radius 3 is 2.56 bits per heavy atom. The molecule has 0 aromatic heterocycles. The lowest BCUT2D eigenvalue weighted by atomic mass is 9.90. The molecule has 2 N–H and O–H groups in total. The zero-order valence-electron chi connectivity index (χ0n) is 11.4. The van der Waals surface area contributed by atoms with Crippen LogP contribution in [0, 0.1) is 5.41 Å². The summed E-state index contributed by atoms with van der Waals surface area (Å²) < 4.78 is 0. The zero-order valence-corrected chi connectivity index (χ0v) is 11.4. The van der Waals surface area contributed by atoms with Crippen LogP contribution in [0.3, 0.4) is 0 Å². The highest BCUT2D eigenvalue weighted by Crippen LogP contribution is 2.40. The lowest BCUT2D eigenvalue weighted by Crippen LogP contribution is -2.31. The van der Waals surface area contributed by atoms with Gasteiger partial charge in [0.15, 0.2) is 0 Å². The van der Waals surface area contributed by atoms with Crippen LogP contribution < -0.4 is 5.73 Å². The monoisotopic (exact) mass is 244 g/mol. The molecule has 1 aliphatic heterocycles. The molecule has 0 spiro atoms. The fourth-order valence-electron chi connectivity index (χ4n) is 3.00. The molecular weight excluding hydrogens is 220 g/mol. The molecule has 2 fully saturated rings. The third kappa shape index (κ3) is 2.60. The molecule has 1 saturated heterocycles. The summed E-state index contributed by atoms with van der Waals surface area (Å²) in [7, 11) is 0. The molecular formula is C16H24N2. The lowest BCUT2D eigenvalue weighted by Gasteiger charge is -2.22. The van der Waals surface area contributed by atoms with Gasteiger partial charge >= 0.3 is 0 Å². The highest BCUT2D eigenvalue weighted by Gasteiger charge is 2.32. The summed E-state index contributed by atoms with van der Waals surface area (Å²) in [6.07, 6.45) is 4.02. The molecule has 1 aromatic carbocycles. The Bertz CT molecular complexity index is 408. The summed E-state index contributed by atoms with van der Waals surface area (Å²) in [5, 5.41) is 0. The Labute approximate surface area is 110 Å². The molecule has 1 saturated carbocycles. The van der Waals surface area contributed by atoms with Crippen LogP contribution >= 0.6 is 0 Å². The van der Waals surface area contributed by atoms with Gasteiger partial charge in [0.2, 0.25) is 0 Å². The maximum Gasteiger partial charge on any atom is 0.0233 e. The molecule has 98 valence electrons. The van der Waals surface area contributed by atoms with E-state index in [4.69, 9.17) is 5.73 Å². The van der Waals surface area contributed by atoms with Gasteiger partial charge in [-0.05, 0) is 54.8 Å². The number of nitrogens with zero attached hydrogens (tertiary/aromatic N) is 1. The summed E-state index contributed by atoms with van der Waals surface area (Å²) in [6.45, 7) is 6.54. The predicted octanol–water partition coefficient (Wildman–Crippen LogP) is 2.73. The van der Waals surface area contributed by atoms with Gasteiger partial charge in [-0.2, -0.15) is 0 Å². The fraction of sp³-hybridized carbons (Fsp3) is 0.625. The minimum Gasteiger partial charge on any atom is -0.330 e. The van der Waals surface area contributed by atoms with Crippen molar-refractivity contribution in [1.82, 2.24) is 4.90 Å². The van der Waals surface area contributed by atoms with Crippen LogP contribution in [0.15, 0.2) is 24.3 Å². The Morgan fingerprint density at radius 2 is 2.00 bits per heavy atom. The fourth-order valence-corrected chi connectivity index (χ4v) is 3.00. The van der Waals surface area contributed by atoms with Crippen molar-refractivity contribution in [1.29, 1.82) is 0 Å². The van der Waals surface area contributed by atoms with E-state index in [1.54, 1.807) is 0 Å². The quantitative estimate of drug-likeness (QED) is 0.882. The highest BCUT2D eigenvalue weighted by molar-refractivity contribution is 5.28. The van der Waals surface area contributed by atoms with Crippen molar-refractivity contribution >= 4 is 0 Å². The zero-order chi connectivity index (χ0) is 12.6. The van der Waals surface area contributed by atoms with E-state index in [9.17, 15) is 0 Å². The van der Waals surface area contributed by atoms with Gasteiger partial charge in [0.25, 0.3) is 0 Å². The average molecular weight is 244 g/mol. The molecule has 1 atom stereocenters. The number of hydrogen-bond acceptors (Lipinski definition) is 2. The summed E-state index contributed by atoms with van der Waals surface area (Å²) in [4.78, 5) is 2.54. The second kappa shape index (κ2) is 4.67. The molecule has 0 amide bonds. The standard InChI is InChI=1S/C16H24N2/c1-16(11-17)8-9-18(12-16)10-13-2-4-14(5-3-13)15-6-7-15/h2-5,15H,6-12,17H2,1H3. The van der Waals surface area contributed by atoms with Crippen LogP contribution in [-0.2, 0) is 6.54 Å². The first-order valence-electron chi connectivity index (χ1n) is 7.20. The van der Waals surface area contributed by atoms with E-state index >= 15 is 0 Å². The van der Waals surface area contributed by atoms with Crippen molar-refractivity contribution in [3.63, 3.8) is 0 Å². The maximum absolute atomic E-state index is 5.86. The van der Waals surface area contributed by atoms with E-state index in [0.29, 0.717) is 5.41 Å². The minimum atomic E-state index is 0.341. The third-order valence-corrected chi connectivity index (χ3v) is 4.56. The summed E-state index contributed by atoms with van der Waals surface area (Å²) in [5.74, 6) is 0.867. The molecule has 1 aliphatic carbocycles. The van der Waals surface area contributed by atoms with Gasteiger partial charge in [-0.1, -0.05) is 31.2 Å². The smallest absolute Gasteiger partial charge is 0.0233 e. The molecule has 18 heavy (non-hydrogen) atoms. The van der Waals surface area contributed by atoms with E-state index in [1.165, 1.54) is 36.9 Å². The number of benzene rings is 1. The van der Waals surface area contributed by atoms with Crippen LogP contribution in [-0.4, -0.2) is 24.5 Å². The van der Waals surface area contributed by atoms with E-state index < -0.39 is 0 Å². The van der Waals surface area contributed by atoms with Gasteiger partial charge in [-0.15, -0.1) is 0 Å². The van der Waals surface area contributed by atoms with E-state index in [0.717, 1.165) is 25.6 Å². The Hall–Kier alpha value is -0.860. The van der Waals surface area contributed by atoms with Gasteiger partial charge in [0.05, 0.1) is 0 Å². The number of nitrogens with two attached hydrogens (primary N) is 1. The van der Waals surface area contributed by atoms with Crippen LogP contribution in [0.2, 0.25) is 0 Å². The van der Waals surface area contributed by atoms with E-state index in [-0.39, 0.29) is 0 Å². The number of rotatable bonds is 4. The van der Waals surface area contributed by atoms with Crippen molar-refractivity contribution in [2.75, 3.05) is 19.6 Å². The average Bonchev–Trinajstić information content (AvgIpc) is 3.16. The first-order valence-corrected chi connectivity index (χ1v) is 7.20.